The zero-order chi connectivity index (χ0) is 8.15. The first-order valence-electron chi connectivity index (χ1n) is 3.57. The van der Waals surface area contributed by atoms with Crippen LogP contribution in [0.5, 0.6) is 0 Å². The number of rotatable bonds is 3. The highest BCUT2D eigenvalue weighted by molar-refractivity contribution is 9.11. The summed E-state index contributed by atoms with van der Waals surface area (Å²) in [6, 6.07) is 0. The van der Waals surface area contributed by atoms with E-state index in [1.807, 2.05) is 6.08 Å². The third-order valence-corrected chi connectivity index (χ3v) is 2.26. The Kier molecular flexibility index (Phi) is 4.71. The predicted octanol–water partition coefficient (Wildman–Crippen LogP) is 3.74. The zero-order valence-corrected chi connectivity index (χ0v) is 8.48. The fourth-order valence-electron chi connectivity index (χ4n) is 0.512. The van der Waals surface area contributed by atoms with Gasteiger partial charge in [-0.15, -0.1) is 0 Å². The number of hydrogen-bond acceptors (Lipinski definition) is 0. The molecule has 0 aliphatic rings. The lowest BCUT2D eigenvalue weighted by molar-refractivity contribution is 0.504. The highest BCUT2D eigenvalue weighted by Crippen LogP contribution is 2.16. The van der Waals surface area contributed by atoms with Gasteiger partial charge in [0.2, 0.25) is 0 Å². The second kappa shape index (κ2) is 4.73. The first-order chi connectivity index (χ1) is 4.57. The van der Waals surface area contributed by atoms with E-state index in [9.17, 15) is 0 Å². The number of halogens is 1. The van der Waals surface area contributed by atoms with E-state index in [2.05, 4.69) is 49.4 Å². The van der Waals surface area contributed by atoms with Crippen LogP contribution in [0, 0.1) is 11.8 Å². The molecule has 0 aliphatic heterocycles. The van der Waals surface area contributed by atoms with Crippen LogP contribution >= 0.6 is 15.9 Å². The van der Waals surface area contributed by atoms with Crippen molar-refractivity contribution in [2.24, 2.45) is 11.8 Å². The Morgan fingerprint density at radius 3 is 2.20 bits per heavy atom. The van der Waals surface area contributed by atoms with Crippen LogP contribution in [0.4, 0.5) is 0 Å². The molecule has 1 atom stereocenters. The fourth-order valence-corrected chi connectivity index (χ4v) is 0.929. The minimum Gasteiger partial charge on any atom is -0.0980 e. The van der Waals surface area contributed by atoms with E-state index in [-0.39, 0.29) is 0 Å². The van der Waals surface area contributed by atoms with Crippen LogP contribution in [0.2, 0.25) is 0 Å². The van der Waals surface area contributed by atoms with Crippen LogP contribution < -0.4 is 0 Å². The molecular formula is C9H15Br. The number of allylic oxidation sites excluding steroid dienone is 3. The van der Waals surface area contributed by atoms with Crippen molar-refractivity contribution in [2.45, 2.75) is 20.8 Å². The third kappa shape index (κ3) is 3.89. The molecule has 0 saturated carbocycles. The van der Waals surface area contributed by atoms with E-state index in [1.54, 1.807) is 0 Å². The van der Waals surface area contributed by atoms with Crippen molar-refractivity contribution in [1.82, 2.24) is 0 Å². The lowest BCUT2D eigenvalue weighted by Gasteiger charge is -2.09. The van der Waals surface area contributed by atoms with Gasteiger partial charge in [-0.25, -0.2) is 0 Å². The Bertz CT molecular complexity index is 134. The van der Waals surface area contributed by atoms with Crippen molar-refractivity contribution >= 4 is 15.9 Å². The Labute approximate surface area is 72.1 Å². The lowest BCUT2D eigenvalue weighted by atomic mass is 9.98. The zero-order valence-electron chi connectivity index (χ0n) is 6.89. The molecule has 0 heterocycles. The maximum absolute atomic E-state index is 3.66. The second-order valence-corrected chi connectivity index (χ2v) is 3.77. The van der Waals surface area contributed by atoms with Crippen LogP contribution in [-0.2, 0) is 0 Å². The quantitative estimate of drug-likeness (QED) is 0.613. The average Bonchev–Trinajstić information content (AvgIpc) is 1.87. The molecule has 0 bridgehead atoms. The van der Waals surface area contributed by atoms with Gasteiger partial charge >= 0.3 is 0 Å². The van der Waals surface area contributed by atoms with E-state index in [1.165, 1.54) is 0 Å². The highest BCUT2D eigenvalue weighted by Gasteiger charge is 2.02. The summed E-state index contributed by atoms with van der Waals surface area (Å²) in [5.74, 6) is 1.32. The molecule has 0 rings (SSSR count). The van der Waals surface area contributed by atoms with Crippen LogP contribution in [0.3, 0.4) is 0 Å². The minimum absolute atomic E-state index is 0.618. The van der Waals surface area contributed by atoms with Gasteiger partial charge in [0.25, 0.3) is 0 Å². The predicted molar refractivity (Wildman–Crippen MR) is 51.2 cm³/mol. The molecular weight excluding hydrogens is 188 g/mol. The van der Waals surface area contributed by atoms with Crippen LogP contribution in [0.1, 0.15) is 20.8 Å². The summed E-state index contributed by atoms with van der Waals surface area (Å²) >= 11 is 3.39. The highest BCUT2D eigenvalue weighted by atomic mass is 79.9. The van der Waals surface area contributed by atoms with Gasteiger partial charge in [0.05, 0.1) is 0 Å². The summed E-state index contributed by atoms with van der Waals surface area (Å²) in [6.07, 6.45) is 4.00. The normalized spacial score (nSPS) is 15.5. The molecule has 0 aromatic heterocycles. The molecule has 0 saturated heterocycles. The smallest absolute Gasteiger partial charge is 0.0132 e. The third-order valence-electron chi connectivity index (χ3n) is 1.67. The van der Waals surface area contributed by atoms with Crippen LogP contribution in [0.25, 0.3) is 0 Å². The molecule has 0 aromatic rings. The van der Waals surface area contributed by atoms with Crippen molar-refractivity contribution in [3.8, 4) is 0 Å². The SMILES string of the molecule is C=C/C(Br)=C\C(C)C(C)C. The molecule has 1 heteroatoms. The number of hydrogen-bond donors (Lipinski definition) is 0. The average molecular weight is 203 g/mol. The van der Waals surface area contributed by atoms with Gasteiger partial charge in [0, 0.05) is 4.48 Å². The van der Waals surface area contributed by atoms with Gasteiger partial charge in [0.1, 0.15) is 0 Å². The summed E-state index contributed by atoms with van der Waals surface area (Å²) in [5, 5.41) is 0. The lowest BCUT2D eigenvalue weighted by Crippen LogP contribution is -1.99. The summed E-state index contributed by atoms with van der Waals surface area (Å²) < 4.78 is 1.09. The summed E-state index contributed by atoms with van der Waals surface area (Å²) in [4.78, 5) is 0. The Morgan fingerprint density at radius 2 is 1.90 bits per heavy atom. The van der Waals surface area contributed by atoms with Gasteiger partial charge in [-0.2, -0.15) is 0 Å². The van der Waals surface area contributed by atoms with Crippen LogP contribution in [-0.4, -0.2) is 0 Å². The summed E-state index contributed by atoms with van der Waals surface area (Å²) in [6.45, 7) is 10.3. The molecule has 10 heavy (non-hydrogen) atoms. The fraction of sp³-hybridized carbons (Fsp3) is 0.556. The molecule has 0 spiro atoms. The van der Waals surface area contributed by atoms with Crippen molar-refractivity contribution in [2.75, 3.05) is 0 Å². The molecule has 0 nitrogen and oxygen atoms in total. The van der Waals surface area contributed by atoms with Crippen molar-refractivity contribution in [3.05, 3.63) is 23.2 Å². The first kappa shape index (κ1) is 9.96. The molecule has 0 amide bonds. The first-order valence-corrected chi connectivity index (χ1v) is 4.37. The van der Waals surface area contributed by atoms with Gasteiger partial charge in [-0.05, 0) is 11.8 Å². The molecule has 0 aromatic carbocycles. The van der Waals surface area contributed by atoms with Crippen molar-refractivity contribution in [1.29, 1.82) is 0 Å². The topological polar surface area (TPSA) is 0 Å². The second-order valence-electron chi connectivity index (χ2n) is 2.86. The standard InChI is InChI=1S/C9H15Br/c1-5-9(10)6-8(4)7(2)3/h5-8H,1H2,2-4H3/b9-6+. The van der Waals surface area contributed by atoms with Gasteiger partial charge in [-0.1, -0.05) is 55.4 Å². The molecule has 0 N–H and O–H groups in total. The molecule has 0 fully saturated rings. The molecule has 58 valence electrons. The minimum atomic E-state index is 0.618. The summed E-state index contributed by atoms with van der Waals surface area (Å²) in [7, 11) is 0. The van der Waals surface area contributed by atoms with E-state index in [0.717, 1.165) is 4.48 Å². The van der Waals surface area contributed by atoms with Gasteiger partial charge in [-0.3, -0.25) is 0 Å². The van der Waals surface area contributed by atoms with Crippen molar-refractivity contribution < 1.29 is 0 Å². The van der Waals surface area contributed by atoms with Gasteiger partial charge in [0.15, 0.2) is 0 Å². The van der Waals surface area contributed by atoms with E-state index in [0.29, 0.717) is 11.8 Å². The van der Waals surface area contributed by atoms with Crippen LogP contribution in [0.15, 0.2) is 23.2 Å². The Morgan fingerprint density at radius 1 is 1.40 bits per heavy atom. The van der Waals surface area contributed by atoms with E-state index >= 15 is 0 Å². The largest absolute Gasteiger partial charge is 0.0980 e. The Hall–Kier alpha value is -0.0400. The maximum Gasteiger partial charge on any atom is 0.0132 e. The maximum atomic E-state index is 3.66. The molecule has 0 aliphatic carbocycles. The van der Waals surface area contributed by atoms with Gasteiger partial charge < -0.3 is 0 Å². The van der Waals surface area contributed by atoms with E-state index in [4.69, 9.17) is 0 Å². The Balaban J connectivity index is 3.98. The molecule has 1 unspecified atom stereocenters. The summed E-state index contributed by atoms with van der Waals surface area (Å²) in [5.41, 5.74) is 0. The monoisotopic (exact) mass is 202 g/mol. The molecule has 0 radical (unpaired) electrons. The van der Waals surface area contributed by atoms with E-state index < -0.39 is 0 Å². The van der Waals surface area contributed by atoms with Crippen molar-refractivity contribution in [3.63, 3.8) is 0 Å².